The van der Waals surface area contributed by atoms with Crippen molar-refractivity contribution in [1.82, 2.24) is 15.3 Å². The second kappa shape index (κ2) is 4.57. The van der Waals surface area contributed by atoms with Gasteiger partial charge in [0.15, 0.2) is 0 Å². The van der Waals surface area contributed by atoms with E-state index >= 15 is 0 Å². The molecule has 0 aromatic carbocycles. The van der Waals surface area contributed by atoms with E-state index < -0.39 is 0 Å². The Hall–Kier alpha value is -0.870. The minimum Gasteiger partial charge on any atom is -0.350 e. The van der Waals surface area contributed by atoms with E-state index in [1.165, 1.54) is 12.8 Å². The Morgan fingerprint density at radius 1 is 1.43 bits per heavy atom. The Balaban J connectivity index is 1.92. The third-order valence-corrected chi connectivity index (χ3v) is 2.45. The topological polar surface area (TPSA) is 49.8 Å². The molecule has 0 spiro atoms. The van der Waals surface area contributed by atoms with Crippen LogP contribution < -0.4 is 10.6 Å². The summed E-state index contributed by atoms with van der Waals surface area (Å²) in [5.74, 6) is 0.656. The van der Waals surface area contributed by atoms with Crippen LogP contribution in [0.3, 0.4) is 0 Å². The first-order valence-corrected chi connectivity index (χ1v) is 5.17. The summed E-state index contributed by atoms with van der Waals surface area (Å²) >= 11 is 5.69. The quantitative estimate of drug-likeness (QED) is 0.776. The smallest absolute Gasteiger partial charge is 0.222 e. The molecule has 4 nitrogen and oxygen atoms in total. The Kier molecular flexibility index (Phi) is 3.16. The van der Waals surface area contributed by atoms with Crippen molar-refractivity contribution in [1.29, 1.82) is 0 Å². The molecule has 0 saturated carbocycles. The molecule has 1 aromatic rings. The Labute approximate surface area is 88.1 Å². The molecular formula is C9H13ClN4. The summed E-state index contributed by atoms with van der Waals surface area (Å²) < 4.78 is 0. The summed E-state index contributed by atoms with van der Waals surface area (Å²) in [6.07, 6.45) is 5.57. The van der Waals surface area contributed by atoms with Crippen LogP contribution in [-0.4, -0.2) is 29.1 Å². The summed E-state index contributed by atoms with van der Waals surface area (Å²) in [6, 6.07) is 0.435. The predicted molar refractivity (Wildman–Crippen MR) is 56.6 cm³/mol. The lowest BCUT2D eigenvalue weighted by Gasteiger charge is -2.23. The van der Waals surface area contributed by atoms with Gasteiger partial charge in [0.2, 0.25) is 5.95 Å². The van der Waals surface area contributed by atoms with Gasteiger partial charge in [0.25, 0.3) is 0 Å². The van der Waals surface area contributed by atoms with E-state index in [-0.39, 0.29) is 0 Å². The molecule has 1 atom stereocenters. The van der Waals surface area contributed by atoms with E-state index in [0.717, 1.165) is 13.1 Å². The monoisotopic (exact) mass is 212 g/mol. The molecule has 0 unspecified atom stereocenters. The van der Waals surface area contributed by atoms with Crippen molar-refractivity contribution in [3.05, 3.63) is 17.4 Å². The molecule has 1 fully saturated rings. The van der Waals surface area contributed by atoms with Gasteiger partial charge < -0.3 is 10.6 Å². The average molecular weight is 213 g/mol. The van der Waals surface area contributed by atoms with E-state index in [2.05, 4.69) is 20.6 Å². The molecule has 14 heavy (non-hydrogen) atoms. The normalized spacial score (nSPS) is 21.9. The first kappa shape index (κ1) is 9.68. The van der Waals surface area contributed by atoms with Crippen LogP contribution >= 0.6 is 11.6 Å². The molecule has 1 saturated heterocycles. The van der Waals surface area contributed by atoms with Crippen LogP contribution in [0.25, 0.3) is 0 Å². The van der Waals surface area contributed by atoms with E-state index in [4.69, 9.17) is 11.6 Å². The van der Waals surface area contributed by atoms with Gasteiger partial charge in [-0.2, -0.15) is 0 Å². The van der Waals surface area contributed by atoms with Crippen LogP contribution in [0.15, 0.2) is 12.4 Å². The van der Waals surface area contributed by atoms with Gasteiger partial charge in [-0.3, -0.25) is 0 Å². The Morgan fingerprint density at radius 3 is 2.86 bits per heavy atom. The van der Waals surface area contributed by atoms with Gasteiger partial charge in [0.1, 0.15) is 0 Å². The van der Waals surface area contributed by atoms with Crippen LogP contribution in [0.4, 0.5) is 5.95 Å². The molecule has 2 heterocycles. The van der Waals surface area contributed by atoms with Crippen LogP contribution in [0, 0.1) is 0 Å². The van der Waals surface area contributed by atoms with Gasteiger partial charge in [-0.15, -0.1) is 0 Å². The fourth-order valence-electron chi connectivity index (χ4n) is 1.54. The molecule has 2 rings (SSSR count). The zero-order valence-electron chi connectivity index (χ0n) is 7.83. The van der Waals surface area contributed by atoms with Gasteiger partial charge in [0, 0.05) is 12.6 Å². The molecular weight excluding hydrogens is 200 g/mol. The zero-order valence-corrected chi connectivity index (χ0v) is 8.59. The number of anilines is 1. The van der Waals surface area contributed by atoms with Gasteiger partial charge >= 0.3 is 0 Å². The second-order valence-corrected chi connectivity index (χ2v) is 3.85. The number of nitrogens with one attached hydrogen (secondary N) is 2. The molecule has 1 aromatic heterocycles. The molecule has 76 valence electrons. The molecule has 1 aliphatic heterocycles. The zero-order chi connectivity index (χ0) is 9.80. The first-order valence-electron chi connectivity index (χ1n) is 4.79. The largest absolute Gasteiger partial charge is 0.350 e. The standard InChI is InChI=1S/C9H13ClN4/c10-7-4-12-9(13-5-7)14-8-2-1-3-11-6-8/h4-5,8,11H,1-3,6H2,(H,12,13,14)/t8-/m0/s1. The Morgan fingerprint density at radius 2 is 2.21 bits per heavy atom. The molecule has 0 aliphatic carbocycles. The molecule has 0 radical (unpaired) electrons. The van der Waals surface area contributed by atoms with Crippen LogP contribution in [0.1, 0.15) is 12.8 Å². The average Bonchev–Trinajstić information content (AvgIpc) is 2.23. The summed E-state index contributed by atoms with van der Waals surface area (Å²) in [5, 5.41) is 7.15. The number of aromatic nitrogens is 2. The van der Waals surface area contributed by atoms with E-state index in [1.807, 2.05) is 0 Å². The van der Waals surface area contributed by atoms with Crippen molar-refractivity contribution in [2.75, 3.05) is 18.4 Å². The van der Waals surface area contributed by atoms with Crippen molar-refractivity contribution in [2.24, 2.45) is 0 Å². The summed E-state index contributed by atoms with van der Waals surface area (Å²) in [7, 11) is 0. The summed E-state index contributed by atoms with van der Waals surface area (Å²) in [4.78, 5) is 8.18. The van der Waals surface area contributed by atoms with Crippen molar-refractivity contribution in [3.8, 4) is 0 Å². The maximum Gasteiger partial charge on any atom is 0.222 e. The van der Waals surface area contributed by atoms with E-state index in [0.29, 0.717) is 17.0 Å². The van der Waals surface area contributed by atoms with Crippen LogP contribution in [-0.2, 0) is 0 Å². The van der Waals surface area contributed by atoms with Crippen molar-refractivity contribution < 1.29 is 0 Å². The number of hydrogen-bond acceptors (Lipinski definition) is 4. The minimum atomic E-state index is 0.435. The SMILES string of the molecule is Clc1cnc(N[C@H]2CCCNC2)nc1. The molecule has 0 amide bonds. The van der Waals surface area contributed by atoms with Gasteiger partial charge in [0.05, 0.1) is 17.4 Å². The number of nitrogens with zero attached hydrogens (tertiary/aromatic N) is 2. The summed E-state index contributed by atoms with van der Waals surface area (Å²) in [5.41, 5.74) is 0. The minimum absolute atomic E-state index is 0.435. The number of halogens is 1. The summed E-state index contributed by atoms with van der Waals surface area (Å²) in [6.45, 7) is 2.09. The number of hydrogen-bond donors (Lipinski definition) is 2. The number of rotatable bonds is 2. The lowest BCUT2D eigenvalue weighted by Crippen LogP contribution is -2.38. The molecule has 0 bridgehead atoms. The molecule has 1 aliphatic rings. The van der Waals surface area contributed by atoms with Crippen molar-refractivity contribution >= 4 is 17.5 Å². The maximum atomic E-state index is 5.69. The highest BCUT2D eigenvalue weighted by Gasteiger charge is 2.12. The maximum absolute atomic E-state index is 5.69. The molecule has 5 heteroatoms. The lowest BCUT2D eigenvalue weighted by atomic mass is 10.1. The van der Waals surface area contributed by atoms with E-state index in [1.54, 1.807) is 12.4 Å². The highest BCUT2D eigenvalue weighted by molar-refractivity contribution is 6.30. The fourth-order valence-corrected chi connectivity index (χ4v) is 1.64. The highest BCUT2D eigenvalue weighted by atomic mass is 35.5. The Bertz CT molecular complexity index is 281. The van der Waals surface area contributed by atoms with Gasteiger partial charge in [-0.05, 0) is 19.4 Å². The molecule has 2 N–H and O–H groups in total. The first-order chi connectivity index (χ1) is 6.84. The van der Waals surface area contributed by atoms with Gasteiger partial charge in [-0.1, -0.05) is 11.6 Å². The van der Waals surface area contributed by atoms with Crippen molar-refractivity contribution in [2.45, 2.75) is 18.9 Å². The van der Waals surface area contributed by atoms with Gasteiger partial charge in [-0.25, -0.2) is 9.97 Å². The van der Waals surface area contributed by atoms with E-state index in [9.17, 15) is 0 Å². The fraction of sp³-hybridized carbons (Fsp3) is 0.556. The number of piperidine rings is 1. The third kappa shape index (κ3) is 2.56. The van der Waals surface area contributed by atoms with Crippen LogP contribution in [0.5, 0.6) is 0 Å². The van der Waals surface area contributed by atoms with Crippen molar-refractivity contribution in [3.63, 3.8) is 0 Å². The predicted octanol–water partition coefficient (Wildman–Crippen LogP) is 1.29. The van der Waals surface area contributed by atoms with Crippen LogP contribution in [0.2, 0.25) is 5.02 Å². The lowest BCUT2D eigenvalue weighted by molar-refractivity contribution is 0.478. The third-order valence-electron chi connectivity index (χ3n) is 2.25. The highest BCUT2D eigenvalue weighted by Crippen LogP contribution is 2.09. The second-order valence-electron chi connectivity index (χ2n) is 3.41.